The second kappa shape index (κ2) is 16.5. The van der Waals surface area contributed by atoms with Crippen molar-refractivity contribution in [3.63, 3.8) is 0 Å². The number of alkyl halides is 1. The van der Waals surface area contributed by atoms with Gasteiger partial charge in [0.2, 0.25) is 0 Å². The molecule has 2 heterocycles. The number of rotatable bonds is 13. The predicted octanol–water partition coefficient (Wildman–Crippen LogP) is 8.54. The fourth-order valence-electron chi connectivity index (χ4n) is 6.73. The van der Waals surface area contributed by atoms with Crippen LogP contribution >= 0.6 is 0 Å². The quantitative estimate of drug-likeness (QED) is 0.0936. The summed E-state index contributed by atoms with van der Waals surface area (Å²) in [7, 11) is 0.595. The van der Waals surface area contributed by atoms with Crippen molar-refractivity contribution in [2.24, 2.45) is 0 Å². The second-order valence-corrected chi connectivity index (χ2v) is 20.2. The van der Waals surface area contributed by atoms with Crippen molar-refractivity contribution < 1.29 is 32.6 Å². The van der Waals surface area contributed by atoms with Crippen molar-refractivity contribution in [2.45, 2.75) is 82.1 Å². The minimum Gasteiger partial charge on any atom is -0.497 e. The number of hydrogen-bond acceptors (Lipinski definition) is 8. The Kier molecular flexibility index (Phi) is 12.0. The zero-order valence-electron chi connectivity index (χ0n) is 33.1. The number of ether oxygens (including phenoxy) is 4. The predicted molar refractivity (Wildman–Crippen MR) is 217 cm³/mol. The molecule has 10 nitrogen and oxygen atoms in total. The van der Waals surface area contributed by atoms with E-state index in [4.69, 9.17) is 23.4 Å². The van der Waals surface area contributed by atoms with Gasteiger partial charge in [0.05, 0.1) is 20.3 Å². The molecule has 12 heteroatoms. The number of halogens is 1. The van der Waals surface area contributed by atoms with E-state index in [2.05, 4.69) is 44.2 Å². The van der Waals surface area contributed by atoms with Crippen molar-refractivity contribution in [1.29, 1.82) is 0 Å². The number of anilines is 1. The van der Waals surface area contributed by atoms with E-state index in [1.807, 2.05) is 85.8 Å². The molecule has 0 radical (unpaired) electrons. The molecule has 1 aromatic heterocycles. The molecule has 1 aliphatic rings. The van der Waals surface area contributed by atoms with Crippen LogP contribution < -0.4 is 20.5 Å². The highest BCUT2D eigenvalue weighted by molar-refractivity contribution is 6.74. The van der Waals surface area contributed by atoms with Gasteiger partial charge in [0.25, 0.3) is 5.91 Å². The van der Waals surface area contributed by atoms with Gasteiger partial charge in [0.15, 0.2) is 20.7 Å². The van der Waals surface area contributed by atoms with Gasteiger partial charge in [0, 0.05) is 11.8 Å². The monoisotopic (exact) mass is 779 g/mol. The van der Waals surface area contributed by atoms with Gasteiger partial charge in [-0.3, -0.25) is 9.36 Å². The van der Waals surface area contributed by atoms with Crippen LogP contribution in [0.5, 0.6) is 11.5 Å². The number of benzene rings is 4. The maximum absolute atomic E-state index is 17.2. The van der Waals surface area contributed by atoms with Gasteiger partial charge < -0.3 is 28.7 Å². The molecule has 1 unspecified atom stereocenters. The Bertz CT molecular complexity index is 2100. The van der Waals surface area contributed by atoms with E-state index in [1.54, 1.807) is 44.6 Å². The molecule has 5 aromatic rings. The van der Waals surface area contributed by atoms with Gasteiger partial charge in [0.1, 0.15) is 35.1 Å². The smallest absolute Gasteiger partial charge is 0.351 e. The van der Waals surface area contributed by atoms with Gasteiger partial charge >= 0.3 is 5.69 Å². The molecule has 1 fully saturated rings. The van der Waals surface area contributed by atoms with Crippen molar-refractivity contribution >= 4 is 20.0 Å². The first kappa shape index (κ1) is 40.5. The third kappa shape index (κ3) is 8.19. The molecular formula is C44H50FN3O7Si. The van der Waals surface area contributed by atoms with E-state index in [9.17, 15) is 9.59 Å². The molecule has 56 heavy (non-hydrogen) atoms. The normalized spacial score (nSPS) is 19.3. The van der Waals surface area contributed by atoms with Crippen molar-refractivity contribution in [2.75, 3.05) is 19.5 Å². The van der Waals surface area contributed by atoms with Crippen molar-refractivity contribution in [1.82, 2.24) is 9.55 Å². The number of hydrogen-bond donors (Lipinski definition) is 1. The van der Waals surface area contributed by atoms with Gasteiger partial charge in [-0.15, -0.1) is 0 Å². The fourth-order valence-corrected chi connectivity index (χ4v) is 8.03. The first-order valence-electron chi connectivity index (χ1n) is 18.6. The molecule has 1 aliphatic heterocycles. The number of amides is 1. The summed E-state index contributed by atoms with van der Waals surface area (Å²) in [6, 6.07) is 35.1. The minimum atomic E-state index is -2.63. The van der Waals surface area contributed by atoms with Crippen LogP contribution in [0.15, 0.2) is 126 Å². The van der Waals surface area contributed by atoms with Gasteiger partial charge in [-0.05, 0) is 84.2 Å². The largest absolute Gasteiger partial charge is 0.497 e. The fraction of sp³-hybridized carbons (Fsp3) is 0.341. The Morgan fingerprint density at radius 2 is 1.34 bits per heavy atom. The molecule has 1 amide bonds. The van der Waals surface area contributed by atoms with Crippen LogP contribution in [0, 0.1) is 0 Å². The summed E-state index contributed by atoms with van der Waals surface area (Å²) in [6.07, 6.45) is -4.70. The lowest BCUT2D eigenvalue weighted by molar-refractivity contribution is -0.136. The van der Waals surface area contributed by atoms with E-state index in [0.717, 1.165) is 21.3 Å². The number of nitrogens with one attached hydrogen (secondary N) is 1. The summed E-state index contributed by atoms with van der Waals surface area (Å²) >= 11 is 0. The van der Waals surface area contributed by atoms with Gasteiger partial charge in [-0.25, -0.2) is 9.18 Å². The van der Waals surface area contributed by atoms with Crippen molar-refractivity contribution in [3.05, 3.63) is 154 Å². The third-order valence-corrected chi connectivity index (χ3v) is 15.3. The average Bonchev–Trinajstić information content (AvgIpc) is 3.51. The molecule has 5 atom stereocenters. The van der Waals surface area contributed by atoms with Crippen LogP contribution in [-0.4, -0.2) is 62.5 Å². The molecular weight excluding hydrogens is 730 g/mol. The Morgan fingerprint density at radius 1 is 0.821 bits per heavy atom. The zero-order chi connectivity index (χ0) is 40.3. The second-order valence-electron chi connectivity index (χ2n) is 15.4. The first-order chi connectivity index (χ1) is 26.7. The maximum Gasteiger partial charge on any atom is 0.351 e. The Balaban J connectivity index is 1.42. The van der Waals surface area contributed by atoms with Crippen molar-refractivity contribution in [3.8, 4) is 11.5 Å². The highest BCUT2D eigenvalue weighted by atomic mass is 28.4. The lowest BCUT2D eigenvalue weighted by atomic mass is 9.79. The third-order valence-electron chi connectivity index (χ3n) is 10.8. The number of carbonyl (C=O) groups is 1. The molecule has 0 spiro atoms. The standard InChI is InChI=1S/C44H50FN3O7Si/c1-29(54-44(31-17-13-10-14-18-31,32-19-23-34(51-5)24-20-32)33-21-25-35(52-6)26-22-33)38-39(55-56(7,8)43(2,3)4)37(45)41(53-38)48-28-27-36(47-42(48)50)46-40(49)30-15-11-9-12-16-30/h9-29,37-39,41H,1-8H3,(H,46,47,49,50)/t29-,37-,38?,39-,41-/m1/s1. The maximum atomic E-state index is 17.2. The Hall–Kier alpha value is -5.14. The topological polar surface area (TPSA) is 110 Å². The zero-order valence-corrected chi connectivity index (χ0v) is 34.1. The summed E-state index contributed by atoms with van der Waals surface area (Å²) < 4.78 is 50.1. The number of nitrogens with zero attached hydrogens (tertiary/aromatic N) is 2. The summed E-state index contributed by atoms with van der Waals surface area (Å²) in [5.74, 6) is 0.948. The van der Waals surface area contributed by atoms with E-state index in [1.165, 1.54) is 12.3 Å². The van der Waals surface area contributed by atoms with Crippen LogP contribution in [0.1, 0.15) is 61.0 Å². The molecule has 0 bridgehead atoms. The first-order valence-corrected chi connectivity index (χ1v) is 21.5. The number of methoxy groups -OCH3 is 2. The highest BCUT2D eigenvalue weighted by Crippen LogP contribution is 2.47. The molecule has 0 aliphatic carbocycles. The summed E-state index contributed by atoms with van der Waals surface area (Å²) in [4.78, 5) is 30.4. The van der Waals surface area contributed by atoms with Crippen LogP contribution in [0.3, 0.4) is 0 Å². The highest BCUT2D eigenvalue weighted by Gasteiger charge is 2.55. The summed E-state index contributed by atoms with van der Waals surface area (Å²) in [6.45, 7) is 12.2. The van der Waals surface area contributed by atoms with Crippen LogP contribution in [-0.2, 0) is 19.5 Å². The van der Waals surface area contributed by atoms with Crippen LogP contribution in [0.2, 0.25) is 18.1 Å². The SMILES string of the molecule is COc1ccc(C(O[C@H](C)C2O[C@@H](n3ccc(NC(=O)c4ccccc4)nc3=O)[C@H](F)[C@H]2O[Si](C)(C)C(C)(C)C)(c2ccccc2)c2ccc(OC)cc2)cc1. The molecule has 1 N–H and O–H groups in total. The number of carbonyl (C=O) groups excluding carboxylic acids is 1. The Morgan fingerprint density at radius 3 is 1.84 bits per heavy atom. The molecule has 294 valence electrons. The minimum absolute atomic E-state index is 0.0301. The van der Waals surface area contributed by atoms with E-state index < -0.39 is 56.2 Å². The molecule has 1 saturated heterocycles. The van der Waals surface area contributed by atoms with Crippen LogP contribution in [0.4, 0.5) is 10.2 Å². The van der Waals surface area contributed by atoms with E-state index >= 15 is 4.39 Å². The Labute approximate surface area is 328 Å². The van der Waals surface area contributed by atoms with E-state index in [-0.39, 0.29) is 10.9 Å². The lowest BCUT2D eigenvalue weighted by Crippen LogP contribution is -2.51. The van der Waals surface area contributed by atoms with Crippen LogP contribution in [0.25, 0.3) is 0 Å². The van der Waals surface area contributed by atoms with E-state index in [0.29, 0.717) is 17.1 Å². The summed E-state index contributed by atoms with van der Waals surface area (Å²) in [5, 5.41) is 2.38. The average molecular weight is 780 g/mol. The van der Waals surface area contributed by atoms with Gasteiger partial charge in [-0.1, -0.05) is 93.6 Å². The summed E-state index contributed by atoms with van der Waals surface area (Å²) in [5.41, 5.74) is 0.791. The molecule has 4 aromatic carbocycles. The van der Waals surface area contributed by atoms with Gasteiger partial charge in [-0.2, -0.15) is 4.98 Å². The lowest BCUT2D eigenvalue weighted by Gasteiger charge is -2.42. The molecule has 0 saturated carbocycles. The molecule has 6 rings (SSSR count). The number of aromatic nitrogens is 2.